The van der Waals surface area contributed by atoms with Gasteiger partial charge in [0, 0.05) is 22.5 Å². The van der Waals surface area contributed by atoms with E-state index in [1.54, 1.807) is 6.92 Å². The summed E-state index contributed by atoms with van der Waals surface area (Å²) in [6, 6.07) is 11.6. The second kappa shape index (κ2) is 6.07. The molecule has 3 aromatic carbocycles. The van der Waals surface area contributed by atoms with Gasteiger partial charge in [-0.2, -0.15) is 0 Å². The maximum atomic E-state index is 6.31. The van der Waals surface area contributed by atoms with Crippen molar-refractivity contribution < 1.29 is 0 Å². The number of benzene rings is 3. The lowest BCUT2D eigenvalue weighted by Gasteiger charge is -2.19. The van der Waals surface area contributed by atoms with E-state index in [2.05, 4.69) is 0 Å². The van der Waals surface area contributed by atoms with Crippen LogP contribution >= 0.6 is 0 Å². The van der Waals surface area contributed by atoms with Crippen LogP contribution in [0.4, 0.5) is 34.1 Å². The van der Waals surface area contributed by atoms with Crippen LogP contribution in [0, 0.1) is 13.8 Å². The molecule has 6 nitrogen and oxygen atoms in total. The molecule has 0 atom stereocenters. The van der Waals surface area contributed by atoms with Crippen molar-refractivity contribution in [3.8, 4) is 22.3 Å². The van der Waals surface area contributed by atoms with Crippen LogP contribution in [-0.2, 0) is 0 Å². The van der Waals surface area contributed by atoms with Gasteiger partial charge in [-0.05, 0) is 48.2 Å². The topological polar surface area (TPSA) is 156 Å². The maximum Gasteiger partial charge on any atom is 0.0653 e. The average Bonchev–Trinajstić information content (AvgIpc) is 2.62. The first-order valence-corrected chi connectivity index (χ1v) is 8.21. The molecule has 3 aromatic rings. The van der Waals surface area contributed by atoms with E-state index in [-0.39, 0.29) is 0 Å². The number of anilines is 6. The molecule has 0 fully saturated rings. The number of aryl methyl sites for hydroxylation is 1. The Morgan fingerprint density at radius 1 is 0.577 bits per heavy atom. The molecule has 0 saturated heterocycles. The van der Waals surface area contributed by atoms with Crippen LogP contribution in [0.2, 0.25) is 0 Å². The standard InChI is InChI=1S/C20H24N6/c1-9-3-4-11(7-14(9)21)12-5-6-13(15(22)8-12)16-19(25)17(23)10(2)18(24)20(16)26/h3-8H,21-26H2,1-2H3. The summed E-state index contributed by atoms with van der Waals surface area (Å²) < 4.78 is 0. The summed E-state index contributed by atoms with van der Waals surface area (Å²) in [5.74, 6) is 0. The lowest BCUT2D eigenvalue weighted by molar-refractivity contribution is 1.46. The van der Waals surface area contributed by atoms with Gasteiger partial charge >= 0.3 is 0 Å². The first-order valence-electron chi connectivity index (χ1n) is 8.21. The maximum absolute atomic E-state index is 6.31. The molecule has 0 amide bonds. The molecule has 12 N–H and O–H groups in total. The summed E-state index contributed by atoms with van der Waals surface area (Å²) in [5, 5.41) is 0. The minimum atomic E-state index is 0.383. The molecule has 0 heterocycles. The van der Waals surface area contributed by atoms with Gasteiger partial charge in [0.15, 0.2) is 0 Å². The van der Waals surface area contributed by atoms with Crippen LogP contribution in [-0.4, -0.2) is 0 Å². The molecule has 3 rings (SSSR count). The molecule has 0 bridgehead atoms. The summed E-state index contributed by atoms with van der Waals surface area (Å²) in [5.41, 5.74) is 44.7. The third-order valence-electron chi connectivity index (χ3n) is 4.86. The summed E-state index contributed by atoms with van der Waals surface area (Å²) in [6.07, 6.45) is 0. The van der Waals surface area contributed by atoms with E-state index in [0.29, 0.717) is 45.1 Å². The molecule has 0 aliphatic carbocycles. The molecular formula is C20H24N6. The fourth-order valence-electron chi connectivity index (χ4n) is 3.04. The Hall–Kier alpha value is -3.54. The third-order valence-corrected chi connectivity index (χ3v) is 4.86. The predicted molar refractivity (Wildman–Crippen MR) is 113 cm³/mol. The van der Waals surface area contributed by atoms with Crippen LogP contribution in [0.15, 0.2) is 36.4 Å². The van der Waals surface area contributed by atoms with Crippen molar-refractivity contribution in [1.29, 1.82) is 0 Å². The van der Waals surface area contributed by atoms with E-state index in [9.17, 15) is 0 Å². The minimum Gasteiger partial charge on any atom is -0.398 e. The molecule has 0 aliphatic heterocycles. The Kier molecular flexibility index (Phi) is 4.04. The van der Waals surface area contributed by atoms with Crippen molar-refractivity contribution in [3.63, 3.8) is 0 Å². The summed E-state index contributed by atoms with van der Waals surface area (Å²) >= 11 is 0. The zero-order chi connectivity index (χ0) is 19.2. The van der Waals surface area contributed by atoms with Crippen molar-refractivity contribution in [2.45, 2.75) is 13.8 Å². The van der Waals surface area contributed by atoms with Gasteiger partial charge in [0.25, 0.3) is 0 Å². The molecule has 0 unspecified atom stereocenters. The van der Waals surface area contributed by atoms with Gasteiger partial charge in [0.05, 0.1) is 22.7 Å². The largest absolute Gasteiger partial charge is 0.398 e. The van der Waals surface area contributed by atoms with Crippen LogP contribution in [0.5, 0.6) is 0 Å². The molecular weight excluding hydrogens is 324 g/mol. The van der Waals surface area contributed by atoms with Crippen molar-refractivity contribution in [3.05, 3.63) is 47.5 Å². The highest BCUT2D eigenvalue weighted by atomic mass is 14.8. The molecule has 0 saturated carbocycles. The van der Waals surface area contributed by atoms with Gasteiger partial charge in [-0.3, -0.25) is 0 Å². The first-order chi connectivity index (χ1) is 12.2. The van der Waals surface area contributed by atoms with Crippen molar-refractivity contribution >= 4 is 34.1 Å². The second-order valence-electron chi connectivity index (χ2n) is 6.53. The SMILES string of the molecule is Cc1ccc(-c2ccc(-c3c(N)c(N)c(C)c(N)c3N)c(N)c2)cc1N. The first kappa shape index (κ1) is 17.3. The van der Waals surface area contributed by atoms with Gasteiger partial charge in [0.1, 0.15) is 0 Å². The fourth-order valence-corrected chi connectivity index (χ4v) is 3.04. The van der Waals surface area contributed by atoms with Crippen LogP contribution in [0.3, 0.4) is 0 Å². The number of nitrogen functional groups attached to an aromatic ring is 6. The molecule has 0 aliphatic rings. The van der Waals surface area contributed by atoms with Crippen LogP contribution in [0.1, 0.15) is 11.1 Å². The average molecular weight is 348 g/mol. The number of rotatable bonds is 2. The number of hydrogen-bond acceptors (Lipinski definition) is 6. The number of hydrogen-bond donors (Lipinski definition) is 6. The Morgan fingerprint density at radius 2 is 1.08 bits per heavy atom. The highest BCUT2D eigenvalue weighted by molar-refractivity contribution is 6.03. The Labute approximate surface area is 152 Å². The quantitative estimate of drug-likeness (QED) is 0.391. The van der Waals surface area contributed by atoms with E-state index < -0.39 is 0 Å². The zero-order valence-corrected chi connectivity index (χ0v) is 14.9. The lowest BCUT2D eigenvalue weighted by Crippen LogP contribution is -2.08. The number of nitrogens with two attached hydrogens (primary N) is 6. The second-order valence-corrected chi connectivity index (χ2v) is 6.53. The molecule has 134 valence electrons. The van der Waals surface area contributed by atoms with Gasteiger partial charge in [-0.25, -0.2) is 0 Å². The highest BCUT2D eigenvalue weighted by Gasteiger charge is 2.18. The van der Waals surface area contributed by atoms with Crippen LogP contribution in [0.25, 0.3) is 22.3 Å². The Balaban J connectivity index is 2.16. The fraction of sp³-hybridized carbons (Fsp3) is 0.100. The molecule has 26 heavy (non-hydrogen) atoms. The zero-order valence-electron chi connectivity index (χ0n) is 14.9. The molecule has 0 aromatic heterocycles. The molecule has 0 spiro atoms. The van der Waals surface area contributed by atoms with E-state index in [1.807, 2.05) is 43.3 Å². The van der Waals surface area contributed by atoms with E-state index in [1.165, 1.54) is 0 Å². The predicted octanol–water partition coefficient (Wildman–Crippen LogP) is 3.13. The van der Waals surface area contributed by atoms with Crippen LogP contribution < -0.4 is 34.4 Å². The smallest absolute Gasteiger partial charge is 0.0653 e. The highest BCUT2D eigenvalue weighted by Crippen LogP contribution is 2.44. The molecule has 0 radical (unpaired) electrons. The summed E-state index contributed by atoms with van der Waals surface area (Å²) in [6.45, 7) is 3.75. The third kappa shape index (κ3) is 2.61. The van der Waals surface area contributed by atoms with E-state index >= 15 is 0 Å². The summed E-state index contributed by atoms with van der Waals surface area (Å²) in [7, 11) is 0. The minimum absolute atomic E-state index is 0.383. The lowest BCUT2D eigenvalue weighted by atomic mass is 9.93. The Morgan fingerprint density at radius 3 is 1.58 bits per heavy atom. The summed E-state index contributed by atoms with van der Waals surface area (Å²) in [4.78, 5) is 0. The van der Waals surface area contributed by atoms with Gasteiger partial charge in [-0.15, -0.1) is 0 Å². The van der Waals surface area contributed by atoms with Crippen molar-refractivity contribution in [1.82, 2.24) is 0 Å². The Bertz CT molecular complexity index is 994. The van der Waals surface area contributed by atoms with Gasteiger partial charge in [0.2, 0.25) is 0 Å². The van der Waals surface area contributed by atoms with Crippen molar-refractivity contribution in [2.75, 3.05) is 34.4 Å². The normalized spacial score (nSPS) is 10.8. The van der Waals surface area contributed by atoms with Gasteiger partial charge < -0.3 is 34.4 Å². The monoisotopic (exact) mass is 348 g/mol. The van der Waals surface area contributed by atoms with Crippen molar-refractivity contribution in [2.24, 2.45) is 0 Å². The molecule has 6 heteroatoms. The van der Waals surface area contributed by atoms with E-state index in [4.69, 9.17) is 34.4 Å². The van der Waals surface area contributed by atoms with Gasteiger partial charge in [-0.1, -0.05) is 24.3 Å². The van der Waals surface area contributed by atoms with E-state index in [0.717, 1.165) is 22.4 Å².